The topological polar surface area (TPSA) is 47.3 Å². The number of hydrazine groups is 1. The first-order valence-corrected chi connectivity index (χ1v) is 7.97. The number of hydrogen-bond donors (Lipinski definition) is 2. The molecule has 0 heterocycles. The number of nitrogens with two attached hydrogens (primary N) is 1. The summed E-state index contributed by atoms with van der Waals surface area (Å²) in [5, 5.41) is 0. The van der Waals surface area contributed by atoms with Crippen LogP contribution in [0.3, 0.4) is 0 Å². The summed E-state index contributed by atoms with van der Waals surface area (Å²) < 4.78 is 5.89. The maximum absolute atomic E-state index is 5.89. The number of hydrogen-bond acceptors (Lipinski definition) is 3. The molecule has 1 aromatic rings. The van der Waals surface area contributed by atoms with E-state index >= 15 is 0 Å². The molecule has 3 heteroatoms. The molecule has 0 spiro atoms. The van der Waals surface area contributed by atoms with E-state index in [0.717, 1.165) is 24.7 Å². The minimum absolute atomic E-state index is 0.208. The van der Waals surface area contributed by atoms with Gasteiger partial charge in [-0.1, -0.05) is 44.9 Å². The average molecular weight is 276 g/mol. The quantitative estimate of drug-likeness (QED) is 0.588. The fraction of sp³-hybridized carbons (Fsp3) is 0.647. The lowest BCUT2D eigenvalue weighted by molar-refractivity contribution is 0.296. The molecule has 0 saturated heterocycles. The van der Waals surface area contributed by atoms with Crippen molar-refractivity contribution in [3.05, 3.63) is 29.8 Å². The number of benzene rings is 1. The second-order valence-electron chi connectivity index (χ2n) is 5.88. The van der Waals surface area contributed by atoms with Crippen LogP contribution < -0.4 is 16.0 Å². The molecule has 1 aliphatic carbocycles. The molecule has 3 unspecified atom stereocenters. The summed E-state index contributed by atoms with van der Waals surface area (Å²) in [7, 11) is 0. The minimum atomic E-state index is 0.208. The molecule has 1 aliphatic rings. The van der Waals surface area contributed by atoms with E-state index in [-0.39, 0.29) is 6.04 Å². The molecule has 1 aromatic carbocycles. The average Bonchev–Trinajstić information content (AvgIpc) is 2.96. The molecule has 3 nitrogen and oxygen atoms in total. The number of nitrogens with one attached hydrogen (secondary N) is 1. The third kappa shape index (κ3) is 3.53. The first-order chi connectivity index (χ1) is 9.80. The van der Waals surface area contributed by atoms with Crippen molar-refractivity contribution in [2.24, 2.45) is 17.7 Å². The van der Waals surface area contributed by atoms with Gasteiger partial charge in [0.15, 0.2) is 0 Å². The lowest BCUT2D eigenvalue weighted by Gasteiger charge is -2.25. The van der Waals surface area contributed by atoms with E-state index < -0.39 is 0 Å². The normalized spacial score (nSPS) is 23.8. The van der Waals surface area contributed by atoms with E-state index in [4.69, 9.17) is 10.6 Å². The molecule has 0 bridgehead atoms. The standard InChI is InChI=1S/C17H28N2O/c1-3-11-20-16-8-6-5-7-15(16)17(19-18)14-10-9-13(4-2)12-14/h5-8,13-14,17,19H,3-4,9-12,18H2,1-2H3. The van der Waals surface area contributed by atoms with Crippen LogP contribution in [0, 0.1) is 11.8 Å². The third-order valence-corrected chi connectivity index (χ3v) is 4.53. The van der Waals surface area contributed by atoms with E-state index in [0.29, 0.717) is 5.92 Å². The van der Waals surface area contributed by atoms with Crippen LogP contribution in [0.4, 0.5) is 0 Å². The Kier molecular flexibility index (Phi) is 5.86. The van der Waals surface area contributed by atoms with Crippen molar-refractivity contribution in [1.82, 2.24) is 5.43 Å². The summed E-state index contributed by atoms with van der Waals surface area (Å²) in [6.07, 6.45) is 6.17. The van der Waals surface area contributed by atoms with Gasteiger partial charge in [-0.2, -0.15) is 0 Å². The Balaban J connectivity index is 2.14. The Morgan fingerprint density at radius 3 is 2.75 bits per heavy atom. The van der Waals surface area contributed by atoms with Gasteiger partial charge in [0, 0.05) is 5.56 Å². The maximum atomic E-state index is 5.89. The molecular formula is C17H28N2O. The summed E-state index contributed by atoms with van der Waals surface area (Å²) in [6, 6.07) is 8.52. The van der Waals surface area contributed by atoms with Crippen LogP contribution in [0.5, 0.6) is 5.75 Å². The lowest BCUT2D eigenvalue weighted by atomic mass is 9.90. The molecule has 1 fully saturated rings. The van der Waals surface area contributed by atoms with E-state index in [1.807, 2.05) is 6.07 Å². The molecular weight excluding hydrogens is 248 g/mol. The zero-order chi connectivity index (χ0) is 14.4. The molecule has 112 valence electrons. The highest BCUT2D eigenvalue weighted by molar-refractivity contribution is 5.36. The highest BCUT2D eigenvalue weighted by Gasteiger charge is 2.31. The zero-order valence-electron chi connectivity index (χ0n) is 12.8. The van der Waals surface area contributed by atoms with Gasteiger partial charge in [0.25, 0.3) is 0 Å². The Hall–Kier alpha value is -1.06. The molecule has 0 aliphatic heterocycles. The minimum Gasteiger partial charge on any atom is -0.493 e. The van der Waals surface area contributed by atoms with Crippen LogP contribution in [-0.4, -0.2) is 6.61 Å². The van der Waals surface area contributed by atoms with Crippen LogP contribution in [0.15, 0.2) is 24.3 Å². The second kappa shape index (κ2) is 7.65. The monoisotopic (exact) mass is 276 g/mol. The first-order valence-electron chi connectivity index (χ1n) is 7.97. The van der Waals surface area contributed by atoms with Crippen molar-refractivity contribution in [2.75, 3.05) is 6.61 Å². The SMILES string of the molecule is CCCOc1ccccc1C(NN)C1CCC(CC)C1. The fourth-order valence-corrected chi connectivity index (χ4v) is 3.35. The van der Waals surface area contributed by atoms with Crippen LogP contribution in [-0.2, 0) is 0 Å². The Morgan fingerprint density at radius 1 is 1.30 bits per heavy atom. The van der Waals surface area contributed by atoms with Gasteiger partial charge in [0.1, 0.15) is 5.75 Å². The maximum Gasteiger partial charge on any atom is 0.124 e. The van der Waals surface area contributed by atoms with Crippen LogP contribution in [0.1, 0.15) is 57.6 Å². The Bertz CT molecular complexity index is 408. The predicted octanol–water partition coefficient (Wildman–Crippen LogP) is 3.81. The zero-order valence-corrected chi connectivity index (χ0v) is 12.8. The second-order valence-corrected chi connectivity index (χ2v) is 5.88. The number of rotatable bonds is 7. The molecule has 1 saturated carbocycles. The molecule has 0 aromatic heterocycles. The van der Waals surface area contributed by atoms with Gasteiger partial charge in [-0.05, 0) is 37.2 Å². The van der Waals surface area contributed by atoms with Crippen molar-refractivity contribution in [1.29, 1.82) is 0 Å². The van der Waals surface area contributed by atoms with Crippen molar-refractivity contribution in [2.45, 2.75) is 52.0 Å². The molecule has 20 heavy (non-hydrogen) atoms. The van der Waals surface area contributed by atoms with E-state index in [1.54, 1.807) is 0 Å². The Labute approximate surface area is 122 Å². The van der Waals surface area contributed by atoms with E-state index in [2.05, 4.69) is 37.5 Å². The lowest BCUT2D eigenvalue weighted by Crippen LogP contribution is -2.33. The van der Waals surface area contributed by atoms with Gasteiger partial charge in [-0.3, -0.25) is 11.3 Å². The summed E-state index contributed by atoms with van der Waals surface area (Å²) in [4.78, 5) is 0. The van der Waals surface area contributed by atoms with Gasteiger partial charge < -0.3 is 4.74 Å². The van der Waals surface area contributed by atoms with Crippen molar-refractivity contribution in [3.63, 3.8) is 0 Å². The predicted molar refractivity (Wildman–Crippen MR) is 83.4 cm³/mol. The van der Waals surface area contributed by atoms with E-state index in [1.165, 1.54) is 31.2 Å². The molecule has 2 rings (SSSR count). The van der Waals surface area contributed by atoms with Gasteiger partial charge in [0.05, 0.1) is 12.6 Å². The summed E-state index contributed by atoms with van der Waals surface area (Å²) in [5.41, 5.74) is 4.25. The highest BCUT2D eigenvalue weighted by Crippen LogP contribution is 2.42. The van der Waals surface area contributed by atoms with Crippen molar-refractivity contribution >= 4 is 0 Å². The first kappa shape index (κ1) is 15.3. The van der Waals surface area contributed by atoms with Gasteiger partial charge in [0.2, 0.25) is 0 Å². The van der Waals surface area contributed by atoms with Gasteiger partial charge in [-0.15, -0.1) is 0 Å². The van der Waals surface area contributed by atoms with Gasteiger partial charge >= 0.3 is 0 Å². The Morgan fingerprint density at radius 2 is 2.10 bits per heavy atom. The van der Waals surface area contributed by atoms with Crippen molar-refractivity contribution in [3.8, 4) is 5.75 Å². The van der Waals surface area contributed by atoms with Crippen LogP contribution >= 0.6 is 0 Å². The molecule has 0 amide bonds. The number of para-hydroxylation sites is 1. The number of ether oxygens (including phenoxy) is 1. The molecule has 0 radical (unpaired) electrons. The highest BCUT2D eigenvalue weighted by atomic mass is 16.5. The van der Waals surface area contributed by atoms with Crippen LogP contribution in [0.25, 0.3) is 0 Å². The van der Waals surface area contributed by atoms with Gasteiger partial charge in [-0.25, -0.2) is 0 Å². The van der Waals surface area contributed by atoms with Crippen molar-refractivity contribution < 1.29 is 4.74 Å². The van der Waals surface area contributed by atoms with E-state index in [9.17, 15) is 0 Å². The summed E-state index contributed by atoms with van der Waals surface area (Å²) >= 11 is 0. The summed E-state index contributed by atoms with van der Waals surface area (Å²) in [5.74, 6) is 8.33. The van der Waals surface area contributed by atoms with Crippen LogP contribution in [0.2, 0.25) is 0 Å². The smallest absolute Gasteiger partial charge is 0.124 e. The summed E-state index contributed by atoms with van der Waals surface area (Å²) in [6.45, 7) is 5.18. The third-order valence-electron chi connectivity index (χ3n) is 4.53. The molecule has 3 atom stereocenters. The molecule has 3 N–H and O–H groups in total. The largest absolute Gasteiger partial charge is 0.493 e. The fourth-order valence-electron chi connectivity index (χ4n) is 3.35.